The lowest BCUT2D eigenvalue weighted by Crippen LogP contribution is -2.48. The van der Waals surface area contributed by atoms with Gasteiger partial charge in [-0.1, -0.05) is 19.1 Å². The van der Waals surface area contributed by atoms with Crippen LogP contribution in [-0.2, 0) is 30.3 Å². The molecule has 0 heterocycles. The van der Waals surface area contributed by atoms with E-state index >= 15 is 0 Å². The summed E-state index contributed by atoms with van der Waals surface area (Å²) in [5, 5.41) is 22.8. The SMILES string of the molecule is CN[C@@H](Cc1ccc(OC)cc1)C(=O)NC(=O)C(C)COCCC(C(=O)O)C(=O)O. The number of methoxy groups -OCH3 is 1. The summed E-state index contributed by atoms with van der Waals surface area (Å²) in [6, 6.07) is 6.60. The minimum atomic E-state index is -1.56. The normalized spacial score (nSPS) is 12.8. The lowest BCUT2D eigenvalue weighted by molar-refractivity contribution is -0.155. The fourth-order valence-electron chi connectivity index (χ4n) is 2.54. The molecular formula is C20H28N2O8. The molecular weight excluding hydrogens is 396 g/mol. The van der Waals surface area contributed by atoms with Crippen LogP contribution in [0.5, 0.6) is 5.75 Å². The van der Waals surface area contributed by atoms with Gasteiger partial charge in [0.1, 0.15) is 5.75 Å². The van der Waals surface area contributed by atoms with Gasteiger partial charge in [0, 0.05) is 6.61 Å². The van der Waals surface area contributed by atoms with E-state index in [9.17, 15) is 19.2 Å². The number of carboxylic acid groups (broad SMARTS) is 2. The number of ether oxygens (including phenoxy) is 2. The number of carboxylic acids is 2. The van der Waals surface area contributed by atoms with E-state index in [1.165, 1.54) is 0 Å². The molecule has 10 nitrogen and oxygen atoms in total. The summed E-state index contributed by atoms with van der Waals surface area (Å²) in [6.45, 7) is 1.34. The molecule has 4 N–H and O–H groups in total. The van der Waals surface area contributed by atoms with Crippen molar-refractivity contribution < 1.29 is 38.9 Å². The van der Waals surface area contributed by atoms with E-state index < -0.39 is 41.6 Å². The molecule has 0 fully saturated rings. The molecule has 10 heteroatoms. The highest BCUT2D eigenvalue weighted by Crippen LogP contribution is 2.13. The topological polar surface area (TPSA) is 151 Å². The number of rotatable bonds is 13. The van der Waals surface area contributed by atoms with Crippen LogP contribution in [0.2, 0.25) is 0 Å². The molecule has 2 atom stereocenters. The van der Waals surface area contributed by atoms with E-state index in [1.807, 2.05) is 12.1 Å². The highest BCUT2D eigenvalue weighted by molar-refractivity contribution is 5.98. The molecule has 0 bridgehead atoms. The Labute approximate surface area is 174 Å². The molecule has 1 rings (SSSR count). The summed E-state index contributed by atoms with van der Waals surface area (Å²) in [5.41, 5.74) is 0.889. The molecule has 0 radical (unpaired) electrons. The van der Waals surface area contributed by atoms with Crippen molar-refractivity contribution in [1.82, 2.24) is 10.6 Å². The van der Waals surface area contributed by atoms with E-state index in [0.29, 0.717) is 12.2 Å². The largest absolute Gasteiger partial charge is 0.497 e. The maximum atomic E-state index is 12.4. The van der Waals surface area contributed by atoms with Gasteiger partial charge >= 0.3 is 11.9 Å². The van der Waals surface area contributed by atoms with Gasteiger partial charge in [-0.25, -0.2) is 0 Å². The Morgan fingerprint density at radius 2 is 1.63 bits per heavy atom. The van der Waals surface area contributed by atoms with Crippen molar-refractivity contribution in [1.29, 1.82) is 0 Å². The molecule has 0 saturated carbocycles. The number of amides is 2. The van der Waals surface area contributed by atoms with Crippen LogP contribution in [0.1, 0.15) is 18.9 Å². The van der Waals surface area contributed by atoms with Crippen LogP contribution in [0.25, 0.3) is 0 Å². The lowest BCUT2D eigenvalue weighted by Gasteiger charge is -2.18. The van der Waals surface area contributed by atoms with Crippen LogP contribution >= 0.6 is 0 Å². The number of carbonyl (C=O) groups is 4. The number of imide groups is 1. The minimum Gasteiger partial charge on any atom is -0.497 e. The molecule has 30 heavy (non-hydrogen) atoms. The highest BCUT2D eigenvalue weighted by Gasteiger charge is 2.26. The molecule has 166 valence electrons. The summed E-state index contributed by atoms with van der Waals surface area (Å²) in [6.07, 6.45) is 0.151. The van der Waals surface area contributed by atoms with E-state index in [2.05, 4.69) is 10.6 Å². The van der Waals surface area contributed by atoms with E-state index in [0.717, 1.165) is 5.56 Å². The Balaban J connectivity index is 2.47. The monoisotopic (exact) mass is 424 g/mol. The van der Waals surface area contributed by atoms with Gasteiger partial charge in [-0.05, 0) is 37.6 Å². The molecule has 0 aliphatic heterocycles. The zero-order valence-corrected chi connectivity index (χ0v) is 17.2. The fourth-order valence-corrected chi connectivity index (χ4v) is 2.54. The van der Waals surface area contributed by atoms with Crippen molar-refractivity contribution in [3.63, 3.8) is 0 Å². The smallest absolute Gasteiger partial charge is 0.317 e. The van der Waals surface area contributed by atoms with Gasteiger partial charge in [-0.3, -0.25) is 24.5 Å². The number of hydrogen-bond acceptors (Lipinski definition) is 7. The van der Waals surface area contributed by atoms with Crippen LogP contribution in [-0.4, -0.2) is 67.4 Å². The molecule has 0 aromatic heterocycles. The first-order valence-electron chi connectivity index (χ1n) is 9.37. The Bertz CT molecular complexity index is 721. The maximum absolute atomic E-state index is 12.4. The number of benzene rings is 1. The van der Waals surface area contributed by atoms with Crippen LogP contribution < -0.4 is 15.4 Å². The predicted molar refractivity (Wildman–Crippen MR) is 106 cm³/mol. The minimum absolute atomic E-state index is 0.0756. The third-order valence-corrected chi connectivity index (χ3v) is 4.47. The van der Waals surface area contributed by atoms with Crippen LogP contribution in [0.3, 0.4) is 0 Å². The highest BCUT2D eigenvalue weighted by atomic mass is 16.5. The van der Waals surface area contributed by atoms with Crippen molar-refractivity contribution in [3.05, 3.63) is 29.8 Å². The molecule has 0 aliphatic carbocycles. The second-order valence-electron chi connectivity index (χ2n) is 6.74. The van der Waals surface area contributed by atoms with Gasteiger partial charge in [0.25, 0.3) is 0 Å². The third kappa shape index (κ3) is 8.18. The fraction of sp³-hybridized carbons (Fsp3) is 0.500. The van der Waals surface area contributed by atoms with Crippen molar-refractivity contribution in [3.8, 4) is 5.75 Å². The molecule has 1 aromatic carbocycles. The van der Waals surface area contributed by atoms with Crippen LogP contribution in [0, 0.1) is 11.8 Å². The van der Waals surface area contributed by atoms with Gasteiger partial charge in [-0.2, -0.15) is 0 Å². The average molecular weight is 424 g/mol. The van der Waals surface area contributed by atoms with E-state index in [-0.39, 0.29) is 19.6 Å². The Morgan fingerprint density at radius 3 is 2.13 bits per heavy atom. The maximum Gasteiger partial charge on any atom is 0.317 e. The lowest BCUT2D eigenvalue weighted by atomic mass is 10.0. The Kier molecular flexibility index (Phi) is 10.5. The van der Waals surface area contributed by atoms with Crippen LogP contribution in [0.4, 0.5) is 0 Å². The zero-order valence-electron chi connectivity index (χ0n) is 17.2. The number of likely N-dealkylation sites (N-methyl/N-ethyl adjacent to an activating group) is 1. The van der Waals surface area contributed by atoms with Crippen molar-refractivity contribution in [2.24, 2.45) is 11.8 Å². The summed E-state index contributed by atoms with van der Waals surface area (Å²) in [7, 11) is 3.18. The summed E-state index contributed by atoms with van der Waals surface area (Å²) >= 11 is 0. The zero-order chi connectivity index (χ0) is 22.7. The van der Waals surface area contributed by atoms with Crippen molar-refractivity contribution >= 4 is 23.8 Å². The second kappa shape index (κ2) is 12.6. The quantitative estimate of drug-likeness (QED) is 0.259. The predicted octanol–water partition coefficient (Wildman–Crippen LogP) is 0.297. The number of carbonyl (C=O) groups excluding carboxylic acids is 2. The first kappa shape index (κ1) is 25.1. The van der Waals surface area contributed by atoms with Gasteiger partial charge in [0.15, 0.2) is 5.92 Å². The first-order chi connectivity index (χ1) is 14.2. The molecule has 0 spiro atoms. The standard InChI is InChI=1S/C20H28N2O8/c1-12(11-30-9-8-15(19(25)26)20(27)28)17(23)22-18(24)16(21-2)10-13-4-6-14(29-3)7-5-13/h4-7,12,15-16,21H,8-11H2,1-3H3,(H,25,26)(H,27,28)(H,22,23,24)/t12?,16-/m0/s1. The van der Waals surface area contributed by atoms with E-state index in [4.69, 9.17) is 19.7 Å². The Morgan fingerprint density at radius 1 is 1.03 bits per heavy atom. The van der Waals surface area contributed by atoms with Crippen molar-refractivity contribution in [2.75, 3.05) is 27.4 Å². The van der Waals surface area contributed by atoms with Crippen LogP contribution in [0.15, 0.2) is 24.3 Å². The summed E-state index contributed by atoms with van der Waals surface area (Å²) < 4.78 is 10.3. The summed E-state index contributed by atoms with van der Waals surface area (Å²) in [4.78, 5) is 46.2. The molecule has 1 aromatic rings. The molecule has 2 amide bonds. The number of hydrogen-bond donors (Lipinski definition) is 4. The third-order valence-electron chi connectivity index (χ3n) is 4.47. The van der Waals surface area contributed by atoms with Gasteiger partial charge in [-0.15, -0.1) is 0 Å². The molecule has 1 unspecified atom stereocenters. The van der Waals surface area contributed by atoms with Gasteiger partial charge in [0.2, 0.25) is 11.8 Å². The Hall–Kier alpha value is -2.98. The number of aliphatic carboxylic acids is 2. The second-order valence-corrected chi connectivity index (χ2v) is 6.74. The average Bonchev–Trinajstić information content (AvgIpc) is 2.71. The first-order valence-corrected chi connectivity index (χ1v) is 9.37. The number of nitrogens with one attached hydrogen (secondary N) is 2. The van der Waals surface area contributed by atoms with E-state index in [1.54, 1.807) is 33.2 Å². The molecule has 0 saturated heterocycles. The summed E-state index contributed by atoms with van der Waals surface area (Å²) in [5.74, 6) is -5.46. The van der Waals surface area contributed by atoms with Gasteiger partial charge in [0.05, 0.1) is 25.7 Å². The molecule has 0 aliphatic rings. The van der Waals surface area contributed by atoms with Gasteiger partial charge < -0.3 is 25.0 Å². The van der Waals surface area contributed by atoms with Crippen molar-refractivity contribution in [2.45, 2.75) is 25.8 Å².